The average Bonchev–Trinajstić information content (AvgIpc) is 3.41. The number of rotatable bonds is 6. The van der Waals surface area contributed by atoms with Gasteiger partial charge in [-0.2, -0.15) is 15.5 Å². The van der Waals surface area contributed by atoms with Crippen LogP contribution in [-0.4, -0.2) is 54.9 Å². The highest BCUT2D eigenvalue weighted by molar-refractivity contribution is 6.33. The summed E-state index contributed by atoms with van der Waals surface area (Å²) in [6, 6.07) is 11.8. The molecule has 0 radical (unpaired) electrons. The van der Waals surface area contributed by atoms with Gasteiger partial charge in [0.15, 0.2) is 0 Å². The Morgan fingerprint density at radius 3 is 2.62 bits per heavy atom. The maximum absolute atomic E-state index is 12.5. The lowest BCUT2D eigenvalue weighted by Gasteiger charge is -2.21. The van der Waals surface area contributed by atoms with Crippen molar-refractivity contribution in [3.8, 4) is 28.3 Å². The van der Waals surface area contributed by atoms with Crippen LogP contribution in [0.4, 0.5) is 5.82 Å². The number of carbonyl (C=O) groups is 1. The summed E-state index contributed by atoms with van der Waals surface area (Å²) in [4.78, 5) is 23.6. The standard InChI is InChI=1S/C29H24ClN9O/c1-37-13-20(11-35-37)18-7-21(28-19(8-31)10-36-39(28)14-18)17-4-5-26(33-9-17)38-15-23-22(24(23)16-38)12-34-29(40)27-25(30)3-2-6-32-27/h2-7,9-11,13-14,22-24H,12,15-16H2,1H3,(H,34,40). The van der Waals surface area contributed by atoms with Crippen molar-refractivity contribution in [1.82, 2.24) is 34.7 Å². The van der Waals surface area contributed by atoms with Gasteiger partial charge in [-0.15, -0.1) is 0 Å². The van der Waals surface area contributed by atoms with E-state index in [1.54, 1.807) is 33.7 Å². The number of nitrogens with zero attached hydrogens (tertiary/aromatic N) is 8. The molecule has 0 spiro atoms. The number of aromatic nitrogens is 6. The van der Waals surface area contributed by atoms with Gasteiger partial charge in [0.2, 0.25) is 0 Å². The summed E-state index contributed by atoms with van der Waals surface area (Å²) in [6.45, 7) is 2.44. The molecule has 0 aromatic carbocycles. The molecular formula is C29H24ClN9O. The van der Waals surface area contributed by atoms with Crippen LogP contribution in [0.15, 0.2) is 67.5 Å². The maximum Gasteiger partial charge on any atom is 0.271 e. The van der Waals surface area contributed by atoms with E-state index in [1.807, 2.05) is 37.9 Å². The van der Waals surface area contributed by atoms with E-state index in [4.69, 9.17) is 16.6 Å². The van der Waals surface area contributed by atoms with Crippen molar-refractivity contribution in [2.75, 3.05) is 24.5 Å². The minimum absolute atomic E-state index is 0.232. The Hall–Kier alpha value is -4.75. The lowest BCUT2D eigenvalue weighted by atomic mass is 10.0. The zero-order valence-corrected chi connectivity index (χ0v) is 22.3. The molecule has 6 heterocycles. The molecule has 10 nitrogen and oxygen atoms in total. The average molecular weight is 550 g/mol. The number of anilines is 1. The Labute approximate surface area is 234 Å². The highest BCUT2D eigenvalue weighted by Gasteiger charge is 2.55. The molecule has 198 valence electrons. The fourth-order valence-electron chi connectivity index (χ4n) is 5.87. The monoisotopic (exact) mass is 549 g/mol. The fourth-order valence-corrected chi connectivity index (χ4v) is 6.08. The van der Waals surface area contributed by atoms with E-state index in [-0.39, 0.29) is 11.6 Å². The quantitative estimate of drug-likeness (QED) is 0.342. The third-order valence-electron chi connectivity index (χ3n) is 8.00. The van der Waals surface area contributed by atoms with Crippen LogP contribution in [0.25, 0.3) is 27.8 Å². The van der Waals surface area contributed by atoms with Crippen molar-refractivity contribution in [2.45, 2.75) is 0 Å². The van der Waals surface area contributed by atoms with Crippen LogP contribution in [0.3, 0.4) is 0 Å². The third-order valence-corrected chi connectivity index (χ3v) is 8.30. The molecular weight excluding hydrogens is 526 g/mol. The van der Waals surface area contributed by atoms with Gasteiger partial charge in [-0.3, -0.25) is 9.48 Å². The number of halogens is 1. The van der Waals surface area contributed by atoms with E-state index in [9.17, 15) is 10.1 Å². The van der Waals surface area contributed by atoms with Crippen molar-refractivity contribution in [3.63, 3.8) is 0 Å². The number of carbonyl (C=O) groups excluding carboxylic acids is 1. The predicted octanol–water partition coefficient (Wildman–Crippen LogP) is 3.83. The number of fused-ring (bicyclic) bond motifs is 2. The first-order valence-electron chi connectivity index (χ1n) is 13.0. The third kappa shape index (κ3) is 4.15. The van der Waals surface area contributed by atoms with E-state index in [1.165, 1.54) is 0 Å². The van der Waals surface area contributed by atoms with Gasteiger partial charge in [0.25, 0.3) is 5.91 Å². The van der Waals surface area contributed by atoms with Gasteiger partial charge in [-0.25, -0.2) is 14.5 Å². The van der Waals surface area contributed by atoms with Crippen LogP contribution in [0.5, 0.6) is 0 Å². The first kappa shape index (κ1) is 24.3. The topological polar surface area (TPSA) is 117 Å². The molecule has 1 saturated heterocycles. The van der Waals surface area contributed by atoms with Gasteiger partial charge in [-0.05, 0) is 48.1 Å². The van der Waals surface area contributed by atoms with E-state index in [2.05, 4.69) is 43.6 Å². The molecule has 7 rings (SSSR count). The number of hydrogen-bond donors (Lipinski definition) is 1. The number of piperidine rings is 1. The summed E-state index contributed by atoms with van der Waals surface area (Å²) in [6.07, 6.45) is 10.7. The van der Waals surface area contributed by atoms with Gasteiger partial charge >= 0.3 is 0 Å². The van der Waals surface area contributed by atoms with Gasteiger partial charge in [0.05, 0.1) is 28.5 Å². The molecule has 11 heteroatoms. The van der Waals surface area contributed by atoms with Crippen molar-refractivity contribution >= 4 is 28.8 Å². The summed E-state index contributed by atoms with van der Waals surface area (Å²) < 4.78 is 3.51. The smallest absolute Gasteiger partial charge is 0.271 e. The van der Waals surface area contributed by atoms with E-state index >= 15 is 0 Å². The highest BCUT2D eigenvalue weighted by atomic mass is 35.5. The second-order valence-corrected chi connectivity index (χ2v) is 10.8. The molecule has 1 aliphatic carbocycles. The van der Waals surface area contributed by atoms with Gasteiger partial charge in [0.1, 0.15) is 17.6 Å². The molecule has 1 amide bonds. The number of nitrogens with one attached hydrogen (secondary N) is 1. The van der Waals surface area contributed by atoms with Crippen LogP contribution in [0.2, 0.25) is 5.02 Å². The summed E-state index contributed by atoms with van der Waals surface area (Å²) in [7, 11) is 1.88. The normalized spacial score (nSPS) is 19.4. The number of pyridine rings is 3. The Bertz CT molecular complexity index is 1790. The first-order chi connectivity index (χ1) is 19.5. The van der Waals surface area contributed by atoms with Crippen LogP contribution in [-0.2, 0) is 7.05 Å². The molecule has 1 N–H and O–H groups in total. The lowest BCUT2D eigenvalue weighted by molar-refractivity contribution is 0.0946. The molecule has 2 fully saturated rings. The molecule has 0 bridgehead atoms. The van der Waals surface area contributed by atoms with Crippen LogP contribution >= 0.6 is 11.6 Å². The van der Waals surface area contributed by atoms with Gasteiger partial charge in [0, 0.05) is 73.7 Å². The summed E-state index contributed by atoms with van der Waals surface area (Å²) >= 11 is 6.10. The zero-order chi connectivity index (χ0) is 27.4. The van der Waals surface area contributed by atoms with E-state index < -0.39 is 0 Å². The van der Waals surface area contributed by atoms with Crippen LogP contribution in [0, 0.1) is 29.1 Å². The van der Waals surface area contributed by atoms with Crippen LogP contribution in [0.1, 0.15) is 16.1 Å². The number of hydrogen-bond acceptors (Lipinski definition) is 7. The predicted molar refractivity (Wildman–Crippen MR) is 150 cm³/mol. The summed E-state index contributed by atoms with van der Waals surface area (Å²) in [5.74, 6) is 2.21. The largest absolute Gasteiger partial charge is 0.356 e. The van der Waals surface area contributed by atoms with Crippen LogP contribution < -0.4 is 10.2 Å². The van der Waals surface area contributed by atoms with Crippen molar-refractivity contribution in [3.05, 3.63) is 83.8 Å². The second-order valence-electron chi connectivity index (χ2n) is 10.4. The molecule has 40 heavy (non-hydrogen) atoms. The van der Waals surface area contributed by atoms with Gasteiger partial charge < -0.3 is 10.2 Å². The Kier molecular flexibility index (Phi) is 5.75. The number of amides is 1. The summed E-state index contributed by atoms with van der Waals surface area (Å²) in [5.41, 5.74) is 5.26. The fraction of sp³-hybridized carbons (Fsp3) is 0.241. The Morgan fingerprint density at radius 1 is 1.07 bits per heavy atom. The molecule has 2 atom stereocenters. The molecule has 2 aliphatic rings. The number of aryl methyl sites for hydroxylation is 1. The Balaban J connectivity index is 1.06. The zero-order valence-electron chi connectivity index (χ0n) is 21.6. The van der Waals surface area contributed by atoms with Crippen molar-refractivity contribution in [2.24, 2.45) is 24.8 Å². The van der Waals surface area contributed by atoms with E-state index in [0.29, 0.717) is 34.9 Å². The molecule has 5 aromatic heterocycles. The minimum Gasteiger partial charge on any atom is -0.356 e. The SMILES string of the molecule is Cn1cc(-c2cc(-c3ccc(N4CC5C(CNC(=O)c6ncccc6Cl)C5C4)nc3)c3c(C#N)cnn3c2)cn1. The minimum atomic E-state index is -0.232. The summed E-state index contributed by atoms with van der Waals surface area (Å²) in [5, 5.41) is 21.8. The molecule has 1 aliphatic heterocycles. The van der Waals surface area contributed by atoms with Gasteiger partial charge in [-0.1, -0.05) is 11.6 Å². The maximum atomic E-state index is 12.5. The van der Waals surface area contributed by atoms with Crippen molar-refractivity contribution in [1.29, 1.82) is 5.26 Å². The molecule has 1 saturated carbocycles. The highest BCUT2D eigenvalue weighted by Crippen LogP contribution is 2.52. The molecule has 2 unspecified atom stereocenters. The second kappa shape index (κ2) is 9.47. The Morgan fingerprint density at radius 2 is 1.93 bits per heavy atom. The first-order valence-corrected chi connectivity index (χ1v) is 13.4. The molecule has 5 aromatic rings. The van der Waals surface area contributed by atoms with E-state index in [0.717, 1.165) is 46.7 Å². The lowest BCUT2D eigenvalue weighted by Crippen LogP contribution is -2.31. The number of nitriles is 1. The van der Waals surface area contributed by atoms with Crippen molar-refractivity contribution < 1.29 is 4.79 Å².